The summed E-state index contributed by atoms with van der Waals surface area (Å²) in [6.07, 6.45) is 4.46. The van der Waals surface area contributed by atoms with Gasteiger partial charge in [-0.3, -0.25) is 9.59 Å². The lowest BCUT2D eigenvalue weighted by molar-refractivity contribution is 0.0466. The molecular formula is C38H39FN6O3. The zero-order chi connectivity index (χ0) is 32.7. The van der Waals surface area contributed by atoms with Crippen molar-refractivity contribution in [2.75, 3.05) is 26.7 Å². The quantitative estimate of drug-likeness (QED) is 0.239. The van der Waals surface area contributed by atoms with Crippen LogP contribution >= 0.6 is 0 Å². The van der Waals surface area contributed by atoms with Gasteiger partial charge >= 0.3 is 0 Å². The van der Waals surface area contributed by atoms with Gasteiger partial charge < -0.3 is 29.4 Å². The molecule has 2 N–H and O–H groups in total. The second-order valence-electron chi connectivity index (χ2n) is 14.2. The minimum Gasteiger partial charge on any atom is -0.494 e. The molecule has 2 aliphatic heterocycles. The summed E-state index contributed by atoms with van der Waals surface area (Å²) >= 11 is 0. The Bertz CT molecular complexity index is 2090. The van der Waals surface area contributed by atoms with Crippen LogP contribution in [0.4, 0.5) is 4.39 Å². The van der Waals surface area contributed by atoms with Crippen LogP contribution in [0.2, 0.25) is 0 Å². The van der Waals surface area contributed by atoms with Crippen LogP contribution in [0.1, 0.15) is 46.4 Å². The fourth-order valence-corrected chi connectivity index (χ4v) is 8.40. The maximum absolute atomic E-state index is 14.4. The van der Waals surface area contributed by atoms with E-state index in [1.165, 1.54) is 30.5 Å². The molecule has 2 saturated heterocycles. The smallest absolute Gasteiger partial charge is 0.256 e. The van der Waals surface area contributed by atoms with Gasteiger partial charge in [0.15, 0.2) is 5.82 Å². The van der Waals surface area contributed by atoms with Crippen LogP contribution in [0, 0.1) is 23.6 Å². The summed E-state index contributed by atoms with van der Waals surface area (Å²) in [6.45, 7) is 3.21. The summed E-state index contributed by atoms with van der Waals surface area (Å²) < 4.78 is 25.0. The molecule has 0 radical (unpaired) electrons. The summed E-state index contributed by atoms with van der Waals surface area (Å²) in [6, 6.07) is 20.6. The molecule has 2 saturated carbocycles. The van der Waals surface area contributed by atoms with E-state index in [4.69, 9.17) is 15.5 Å². The van der Waals surface area contributed by atoms with Crippen LogP contribution in [0.15, 0.2) is 66.7 Å². The third kappa shape index (κ3) is 4.71. The number of amides is 2. The van der Waals surface area contributed by atoms with Crippen molar-refractivity contribution in [1.29, 1.82) is 0 Å². The molecule has 9 nitrogen and oxygen atoms in total. The fraction of sp³-hybridized carbons (Fsp3) is 0.395. The maximum Gasteiger partial charge on any atom is 0.256 e. The number of hydrogen-bond donors (Lipinski definition) is 1. The molecular weight excluding hydrogens is 607 g/mol. The second kappa shape index (κ2) is 11.2. The van der Waals surface area contributed by atoms with Crippen LogP contribution < -0.4 is 10.5 Å². The number of aromatic nitrogens is 3. The van der Waals surface area contributed by atoms with Crippen molar-refractivity contribution in [1.82, 2.24) is 23.9 Å². The molecule has 4 heterocycles. The van der Waals surface area contributed by atoms with Gasteiger partial charge in [-0.25, -0.2) is 9.37 Å². The van der Waals surface area contributed by atoms with E-state index in [0.717, 1.165) is 41.8 Å². The maximum atomic E-state index is 14.4. The molecule has 5 aromatic rings. The molecule has 2 aliphatic carbocycles. The number of carbonyl (C=O) groups is 2. The highest BCUT2D eigenvalue weighted by molar-refractivity contribution is 6.01. The van der Waals surface area contributed by atoms with Gasteiger partial charge in [-0.1, -0.05) is 30.3 Å². The average Bonchev–Trinajstić information content (AvgIpc) is 3.44. The van der Waals surface area contributed by atoms with Gasteiger partial charge in [0.05, 0.1) is 23.9 Å². The largest absolute Gasteiger partial charge is 0.494 e. The monoisotopic (exact) mass is 646 g/mol. The van der Waals surface area contributed by atoms with Crippen molar-refractivity contribution >= 4 is 33.8 Å². The number of fused-ring (bicyclic) bond motifs is 4. The lowest BCUT2D eigenvalue weighted by Crippen LogP contribution is -2.51. The van der Waals surface area contributed by atoms with Crippen molar-refractivity contribution in [3.63, 3.8) is 0 Å². The number of rotatable bonds is 8. The Morgan fingerprint density at radius 3 is 2.40 bits per heavy atom. The molecule has 2 aromatic heterocycles. The van der Waals surface area contributed by atoms with E-state index in [2.05, 4.69) is 39.5 Å². The first kappa shape index (κ1) is 29.4. The molecule has 2 bridgehead atoms. The van der Waals surface area contributed by atoms with Crippen molar-refractivity contribution in [3.8, 4) is 17.3 Å². The highest BCUT2D eigenvalue weighted by Crippen LogP contribution is 2.41. The number of nitrogens with zero attached hydrogens (tertiary/aromatic N) is 5. The van der Waals surface area contributed by atoms with Gasteiger partial charge in [0.1, 0.15) is 17.1 Å². The number of benzene rings is 3. The van der Waals surface area contributed by atoms with Gasteiger partial charge in [0.2, 0.25) is 0 Å². The van der Waals surface area contributed by atoms with Gasteiger partial charge in [-0.2, -0.15) is 0 Å². The van der Waals surface area contributed by atoms with Crippen molar-refractivity contribution in [3.05, 3.63) is 83.7 Å². The normalized spacial score (nSPS) is 22.2. The highest BCUT2D eigenvalue weighted by Gasteiger charge is 2.47. The molecule has 9 rings (SSSR count). The Labute approximate surface area is 278 Å². The van der Waals surface area contributed by atoms with Crippen LogP contribution in [-0.4, -0.2) is 74.6 Å². The number of imidazole rings is 1. The van der Waals surface area contributed by atoms with Crippen LogP contribution in [0.3, 0.4) is 0 Å². The number of hydrogen-bond acceptors (Lipinski definition) is 5. The molecule has 246 valence electrons. The number of para-hydroxylation sites is 1. The first-order valence-corrected chi connectivity index (χ1v) is 17.1. The second-order valence-corrected chi connectivity index (χ2v) is 14.2. The van der Waals surface area contributed by atoms with Crippen LogP contribution in [0.5, 0.6) is 5.75 Å². The Balaban J connectivity index is 1.12. The van der Waals surface area contributed by atoms with E-state index in [1.54, 1.807) is 24.1 Å². The first-order valence-electron chi connectivity index (χ1n) is 17.1. The molecule has 2 amide bonds. The zero-order valence-corrected chi connectivity index (χ0v) is 27.0. The lowest BCUT2D eigenvalue weighted by Gasteiger charge is -2.40. The summed E-state index contributed by atoms with van der Waals surface area (Å²) in [5.41, 5.74) is 10.8. The molecule has 0 spiro atoms. The van der Waals surface area contributed by atoms with Crippen molar-refractivity contribution in [2.24, 2.45) is 23.5 Å². The predicted octanol–water partition coefficient (Wildman–Crippen LogP) is 5.55. The zero-order valence-electron chi connectivity index (χ0n) is 27.0. The number of halogens is 1. The number of nitrogens with two attached hydrogens (primary N) is 1. The van der Waals surface area contributed by atoms with Gasteiger partial charge in [-0.15, -0.1) is 0 Å². The number of carbonyl (C=O) groups excluding carboxylic acids is 2. The summed E-state index contributed by atoms with van der Waals surface area (Å²) in [7, 11) is 1.63. The SMILES string of the molecule is COc1cc(C(=O)N2CC3CCC2[C@@H]3N)cc2nc(-c3cc4ccccc4n3CC3CC3)n(CC3CN(C(=O)c4ccccc4F)C3)c12. The number of likely N-dealkylation sites (tertiary alicyclic amines) is 2. The summed E-state index contributed by atoms with van der Waals surface area (Å²) in [5.74, 6) is 1.71. The van der Waals surface area contributed by atoms with E-state index in [9.17, 15) is 14.0 Å². The van der Waals surface area contributed by atoms with E-state index >= 15 is 0 Å². The van der Waals surface area contributed by atoms with E-state index in [0.29, 0.717) is 54.8 Å². The highest BCUT2D eigenvalue weighted by atomic mass is 19.1. The Morgan fingerprint density at radius 2 is 1.67 bits per heavy atom. The Morgan fingerprint density at radius 1 is 0.896 bits per heavy atom. The summed E-state index contributed by atoms with van der Waals surface area (Å²) in [5, 5.41) is 1.15. The topological polar surface area (TPSA) is 98.6 Å². The van der Waals surface area contributed by atoms with Gasteiger partial charge in [-0.05, 0) is 73.9 Å². The van der Waals surface area contributed by atoms with E-state index in [1.807, 2.05) is 17.0 Å². The minimum absolute atomic E-state index is 0.0295. The molecule has 3 aromatic carbocycles. The van der Waals surface area contributed by atoms with Crippen molar-refractivity contribution < 1.29 is 18.7 Å². The summed E-state index contributed by atoms with van der Waals surface area (Å²) in [4.78, 5) is 36.0. The fourth-order valence-electron chi connectivity index (χ4n) is 8.40. The van der Waals surface area contributed by atoms with Gasteiger partial charge in [0, 0.05) is 67.2 Å². The van der Waals surface area contributed by atoms with E-state index in [-0.39, 0.29) is 35.4 Å². The predicted molar refractivity (Wildman–Crippen MR) is 181 cm³/mol. The molecule has 4 fully saturated rings. The minimum atomic E-state index is -0.504. The van der Waals surface area contributed by atoms with Gasteiger partial charge in [0.25, 0.3) is 11.8 Å². The Hall–Kier alpha value is -4.70. The van der Waals surface area contributed by atoms with Crippen LogP contribution in [0.25, 0.3) is 33.5 Å². The standard InChI is InChI=1S/C38H39FN6O3/c1-48-33-16-26(37(46)44-21-25-12-13-31(44)34(25)40)14-29-35(33)45(20-23-17-42(18-23)38(47)27-7-3-4-8-28(27)39)36(41-29)32-15-24-6-2-5-9-30(24)43(32)19-22-10-11-22/h2-9,14-16,22-23,25,31,34H,10-13,17-21,40H2,1H3/t25?,31?,34-/m1/s1. The van der Waals surface area contributed by atoms with Crippen LogP contribution in [-0.2, 0) is 13.1 Å². The van der Waals surface area contributed by atoms with Crippen molar-refractivity contribution in [2.45, 2.75) is 50.9 Å². The lowest BCUT2D eigenvalue weighted by atomic mass is 9.98. The first-order chi connectivity index (χ1) is 23.4. The third-order valence-electron chi connectivity index (χ3n) is 11.2. The average molecular weight is 647 g/mol. The number of methoxy groups -OCH3 is 1. The molecule has 2 unspecified atom stereocenters. The molecule has 10 heteroatoms. The number of piperidine rings is 1. The molecule has 4 aliphatic rings. The molecule has 3 atom stereocenters. The molecule has 48 heavy (non-hydrogen) atoms. The van der Waals surface area contributed by atoms with E-state index < -0.39 is 5.82 Å². The number of ether oxygens (including phenoxy) is 1. The Kier molecular flexibility index (Phi) is 6.86. The third-order valence-corrected chi connectivity index (χ3v) is 11.2.